The summed E-state index contributed by atoms with van der Waals surface area (Å²) >= 11 is 17.7. The second-order valence-electron chi connectivity index (χ2n) is 5.02. The van der Waals surface area contributed by atoms with Crippen LogP contribution >= 0.6 is 35.4 Å². The molecule has 5 nitrogen and oxygen atoms in total. The van der Waals surface area contributed by atoms with Gasteiger partial charge in [-0.15, -0.1) is 0 Å². The lowest BCUT2D eigenvalue weighted by atomic mass is 10.2. The lowest BCUT2D eigenvalue weighted by Gasteiger charge is -2.08. The summed E-state index contributed by atoms with van der Waals surface area (Å²) in [5, 5.41) is 12.2. The Morgan fingerprint density at radius 1 is 1.24 bits per heavy atom. The van der Waals surface area contributed by atoms with Crippen LogP contribution in [0.5, 0.6) is 5.75 Å². The third-order valence-electron chi connectivity index (χ3n) is 3.31. The number of hydrogen-bond acceptors (Lipinski definition) is 4. The molecule has 0 atom stereocenters. The third-order valence-corrected chi connectivity index (χ3v) is 4.14. The molecular formula is C17H14Cl2N4OS. The second-order valence-corrected chi connectivity index (χ2v) is 6.22. The monoisotopic (exact) mass is 392 g/mol. The number of ether oxygens (including phenoxy) is 1. The van der Waals surface area contributed by atoms with Crippen molar-refractivity contribution in [1.82, 2.24) is 14.9 Å². The van der Waals surface area contributed by atoms with E-state index >= 15 is 0 Å². The van der Waals surface area contributed by atoms with Gasteiger partial charge in [0.05, 0.1) is 22.9 Å². The highest BCUT2D eigenvalue weighted by Crippen LogP contribution is 2.33. The van der Waals surface area contributed by atoms with E-state index in [4.69, 9.17) is 40.2 Å². The van der Waals surface area contributed by atoms with Crippen molar-refractivity contribution >= 4 is 41.6 Å². The SMILES string of the molecule is CCOc1c(Cl)cc(/C=N\n2c(-c3ccccc3)n[nH]c2=S)cc1Cl. The number of aromatic nitrogens is 3. The van der Waals surface area contributed by atoms with Gasteiger partial charge in [0, 0.05) is 5.56 Å². The van der Waals surface area contributed by atoms with Gasteiger partial charge in [-0.1, -0.05) is 53.5 Å². The van der Waals surface area contributed by atoms with Crippen LogP contribution in [0.25, 0.3) is 11.4 Å². The van der Waals surface area contributed by atoms with E-state index in [0.29, 0.717) is 33.0 Å². The van der Waals surface area contributed by atoms with E-state index in [9.17, 15) is 0 Å². The summed E-state index contributed by atoms with van der Waals surface area (Å²) in [7, 11) is 0. The summed E-state index contributed by atoms with van der Waals surface area (Å²) in [6, 6.07) is 13.1. The first-order valence-corrected chi connectivity index (χ1v) is 8.65. The molecule has 0 bridgehead atoms. The van der Waals surface area contributed by atoms with Crippen LogP contribution in [-0.4, -0.2) is 27.7 Å². The summed E-state index contributed by atoms with van der Waals surface area (Å²) in [5.41, 5.74) is 1.62. The van der Waals surface area contributed by atoms with Crippen molar-refractivity contribution in [1.29, 1.82) is 0 Å². The highest BCUT2D eigenvalue weighted by molar-refractivity contribution is 7.71. The molecule has 8 heteroatoms. The number of halogens is 2. The van der Waals surface area contributed by atoms with Gasteiger partial charge < -0.3 is 4.74 Å². The maximum atomic E-state index is 6.22. The van der Waals surface area contributed by atoms with Crippen LogP contribution in [0.3, 0.4) is 0 Å². The highest BCUT2D eigenvalue weighted by atomic mass is 35.5. The minimum absolute atomic E-state index is 0.387. The smallest absolute Gasteiger partial charge is 0.216 e. The van der Waals surface area contributed by atoms with Crippen LogP contribution < -0.4 is 4.74 Å². The van der Waals surface area contributed by atoms with Crippen LogP contribution in [-0.2, 0) is 0 Å². The Hall–Kier alpha value is -2.15. The van der Waals surface area contributed by atoms with Gasteiger partial charge in [-0.2, -0.15) is 14.9 Å². The van der Waals surface area contributed by atoms with E-state index in [1.165, 1.54) is 0 Å². The van der Waals surface area contributed by atoms with Crippen molar-refractivity contribution in [2.75, 3.05) is 6.61 Å². The molecule has 128 valence electrons. The van der Waals surface area contributed by atoms with Crippen LogP contribution in [0.4, 0.5) is 0 Å². The van der Waals surface area contributed by atoms with Crippen molar-refractivity contribution < 1.29 is 4.74 Å². The Bertz CT molecular complexity index is 943. The molecule has 1 heterocycles. The maximum absolute atomic E-state index is 6.22. The zero-order valence-corrected chi connectivity index (χ0v) is 15.6. The van der Waals surface area contributed by atoms with Crippen LogP contribution in [0.15, 0.2) is 47.6 Å². The summed E-state index contributed by atoms with van der Waals surface area (Å²) in [6.07, 6.45) is 1.62. The molecule has 0 aliphatic rings. The Morgan fingerprint density at radius 3 is 2.56 bits per heavy atom. The first-order valence-electron chi connectivity index (χ1n) is 7.49. The molecular weight excluding hydrogens is 379 g/mol. The fourth-order valence-corrected chi connectivity index (χ4v) is 3.03. The average molecular weight is 393 g/mol. The first kappa shape index (κ1) is 17.7. The number of hydrogen-bond donors (Lipinski definition) is 1. The second kappa shape index (κ2) is 7.82. The third kappa shape index (κ3) is 3.92. The van der Waals surface area contributed by atoms with Gasteiger partial charge in [0.1, 0.15) is 0 Å². The van der Waals surface area contributed by atoms with E-state index in [-0.39, 0.29) is 0 Å². The van der Waals surface area contributed by atoms with Gasteiger partial charge in [-0.05, 0) is 36.8 Å². The van der Waals surface area contributed by atoms with Gasteiger partial charge in [0.25, 0.3) is 0 Å². The topological polar surface area (TPSA) is 55.2 Å². The Morgan fingerprint density at radius 2 is 1.92 bits per heavy atom. The number of nitrogens with zero attached hydrogens (tertiary/aromatic N) is 3. The summed E-state index contributed by atoms with van der Waals surface area (Å²) in [5.74, 6) is 1.08. The molecule has 3 aromatic rings. The summed E-state index contributed by atoms with van der Waals surface area (Å²) in [4.78, 5) is 0. The molecule has 0 amide bonds. The molecule has 25 heavy (non-hydrogen) atoms. The van der Waals surface area contributed by atoms with Gasteiger partial charge in [0.2, 0.25) is 4.77 Å². The highest BCUT2D eigenvalue weighted by Gasteiger charge is 2.10. The summed E-state index contributed by atoms with van der Waals surface area (Å²) < 4.78 is 7.36. The van der Waals surface area contributed by atoms with Crippen molar-refractivity contribution in [2.45, 2.75) is 6.92 Å². The molecule has 2 aromatic carbocycles. The Kier molecular flexibility index (Phi) is 5.53. The molecule has 0 fully saturated rings. The van der Waals surface area contributed by atoms with Crippen molar-refractivity contribution in [3.8, 4) is 17.1 Å². The molecule has 0 radical (unpaired) electrons. The molecule has 0 aliphatic carbocycles. The van der Waals surface area contributed by atoms with Crippen molar-refractivity contribution in [3.63, 3.8) is 0 Å². The molecule has 3 rings (SSSR count). The molecule has 1 N–H and O–H groups in total. The lowest BCUT2D eigenvalue weighted by Crippen LogP contribution is -1.97. The van der Waals surface area contributed by atoms with Gasteiger partial charge >= 0.3 is 0 Å². The largest absolute Gasteiger partial charge is 0.491 e. The van der Waals surface area contributed by atoms with Crippen LogP contribution in [0, 0.1) is 4.77 Å². The number of nitrogens with one attached hydrogen (secondary N) is 1. The zero-order chi connectivity index (χ0) is 17.8. The van der Waals surface area contributed by atoms with Gasteiger partial charge in [-0.3, -0.25) is 0 Å². The first-order chi connectivity index (χ1) is 12.1. The standard InChI is InChI=1S/C17H14Cl2N4OS/c1-2-24-15-13(18)8-11(9-14(15)19)10-20-23-16(21-22-17(23)25)12-6-4-3-5-7-12/h3-10H,2H2,1H3,(H,22,25)/b20-10-. The minimum atomic E-state index is 0.387. The van der Waals surface area contributed by atoms with Gasteiger partial charge in [-0.25, -0.2) is 5.10 Å². The van der Waals surface area contributed by atoms with E-state index in [0.717, 1.165) is 11.1 Å². The fourth-order valence-electron chi connectivity index (χ4n) is 2.23. The number of aromatic amines is 1. The maximum Gasteiger partial charge on any atom is 0.216 e. The fraction of sp³-hybridized carbons (Fsp3) is 0.118. The molecule has 0 saturated carbocycles. The van der Waals surface area contributed by atoms with E-state index in [1.807, 2.05) is 37.3 Å². The predicted octanol–water partition coefficient (Wildman–Crippen LogP) is 5.20. The molecule has 0 aliphatic heterocycles. The number of H-pyrrole nitrogens is 1. The van der Waals surface area contributed by atoms with Crippen LogP contribution in [0.2, 0.25) is 10.0 Å². The number of rotatable bonds is 5. The van der Waals surface area contributed by atoms with Gasteiger partial charge in [0.15, 0.2) is 11.6 Å². The average Bonchev–Trinajstić information content (AvgIpc) is 2.98. The molecule has 0 saturated heterocycles. The molecule has 0 unspecified atom stereocenters. The zero-order valence-electron chi connectivity index (χ0n) is 13.2. The molecule has 0 spiro atoms. The normalized spacial score (nSPS) is 11.2. The Labute approximate surface area is 159 Å². The van der Waals surface area contributed by atoms with Crippen LogP contribution in [0.1, 0.15) is 12.5 Å². The van der Waals surface area contributed by atoms with Crippen molar-refractivity contribution in [2.24, 2.45) is 5.10 Å². The predicted molar refractivity (Wildman–Crippen MR) is 103 cm³/mol. The summed E-state index contributed by atoms with van der Waals surface area (Å²) in [6.45, 7) is 2.35. The van der Waals surface area contributed by atoms with E-state index < -0.39 is 0 Å². The lowest BCUT2D eigenvalue weighted by molar-refractivity contribution is 0.340. The molecule has 1 aromatic heterocycles. The van der Waals surface area contributed by atoms with E-state index in [2.05, 4.69) is 15.3 Å². The quantitative estimate of drug-likeness (QED) is 0.479. The number of benzene rings is 2. The Balaban J connectivity index is 1.96. The van der Waals surface area contributed by atoms with Crippen molar-refractivity contribution in [3.05, 3.63) is 62.8 Å². The van der Waals surface area contributed by atoms with E-state index in [1.54, 1.807) is 23.0 Å². The minimum Gasteiger partial charge on any atom is -0.491 e.